The van der Waals surface area contributed by atoms with Crippen molar-refractivity contribution < 1.29 is 19.1 Å². The van der Waals surface area contributed by atoms with Gasteiger partial charge in [0.1, 0.15) is 9.75 Å². The van der Waals surface area contributed by atoms with Crippen molar-refractivity contribution in [1.29, 1.82) is 0 Å². The maximum atomic E-state index is 11.4. The molecule has 0 N–H and O–H groups in total. The number of carbonyl (C=O) groups excluding carboxylic acids is 2. The Morgan fingerprint density at radius 2 is 1.37 bits per heavy atom. The molecule has 4 heterocycles. The quantitative estimate of drug-likeness (QED) is 0.451. The minimum Gasteiger partial charge on any atom is -0.465 e. The summed E-state index contributed by atoms with van der Waals surface area (Å²) in [6, 6.07) is 5.67. The summed E-state index contributed by atoms with van der Waals surface area (Å²) in [4.78, 5) is 31.3. The molecule has 0 atom stereocenters. The summed E-state index contributed by atoms with van der Waals surface area (Å²) < 4.78 is 9.43. The maximum absolute atomic E-state index is 11.4. The van der Waals surface area contributed by atoms with E-state index >= 15 is 0 Å². The topological polar surface area (TPSA) is 59.1 Å². The van der Waals surface area contributed by atoms with Crippen LogP contribution in [0.4, 0.5) is 0 Å². The molecule has 9 heteroatoms. The normalized spacial score (nSPS) is 18.1. The smallest absolute Gasteiger partial charge is 0.348 e. The van der Waals surface area contributed by atoms with Gasteiger partial charge < -0.3 is 19.3 Å². The molecular weight excluding hydrogens is 504 g/mol. The van der Waals surface area contributed by atoms with Crippen molar-refractivity contribution in [2.45, 2.75) is 38.5 Å². The van der Waals surface area contributed by atoms with E-state index in [9.17, 15) is 9.59 Å². The molecule has 0 unspecified atom stereocenters. The lowest BCUT2D eigenvalue weighted by molar-refractivity contribution is 0.0597. The van der Waals surface area contributed by atoms with Crippen LogP contribution in [0.5, 0.6) is 0 Å². The zero-order chi connectivity index (χ0) is 25.4. The first-order chi connectivity index (χ1) is 16.8. The zero-order valence-corrected chi connectivity index (χ0v) is 23.6. The Labute approximate surface area is 222 Å². The van der Waals surface area contributed by atoms with Gasteiger partial charge in [0.2, 0.25) is 0 Å². The van der Waals surface area contributed by atoms with E-state index in [1.54, 1.807) is 17.4 Å². The van der Waals surface area contributed by atoms with Crippen molar-refractivity contribution in [3.63, 3.8) is 0 Å². The van der Waals surface area contributed by atoms with E-state index in [1.807, 2.05) is 6.07 Å². The molecule has 4 rings (SSSR count). The number of carbonyl (C=O) groups is 2. The standard InChI is InChI=1S/C13H18ClNO2S.C13H19NO2S/c1-15-5-3-9(4-6-15)7-11-10(14)8-12(18-11)13(16)17-2;1-14-7-5-10(6-8-14)9-11-3-4-12(17-11)13(15)16-2/h8-9H,3-7H2,1-2H3;3-4,10H,5-9H2,1-2H3. The highest BCUT2D eigenvalue weighted by Gasteiger charge is 2.21. The minimum atomic E-state index is -0.295. The number of methoxy groups -OCH3 is 2. The Morgan fingerprint density at radius 3 is 1.91 bits per heavy atom. The highest BCUT2D eigenvalue weighted by Crippen LogP contribution is 2.32. The molecule has 2 fully saturated rings. The molecule has 0 spiro atoms. The summed E-state index contributed by atoms with van der Waals surface area (Å²) in [5.74, 6) is 0.944. The summed E-state index contributed by atoms with van der Waals surface area (Å²) in [6.45, 7) is 4.69. The second kappa shape index (κ2) is 13.7. The van der Waals surface area contributed by atoms with Crippen LogP contribution in [0.1, 0.15) is 54.8 Å². The van der Waals surface area contributed by atoms with Gasteiger partial charge in [-0.2, -0.15) is 0 Å². The van der Waals surface area contributed by atoms with Gasteiger partial charge in [0.25, 0.3) is 0 Å². The molecule has 2 aliphatic rings. The number of hydrogen-bond acceptors (Lipinski definition) is 8. The number of esters is 2. The Kier molecular flexibility index (Phi) is 11.0. The van der Waals surface area contributed by atoms with Gasteiger partial charge in [0.05, 0.1) is 19.2 Å². The molecule has 0 radical (unpaired) electrons. The number of halogens is 1. The molecule has 0 saturated carbocycles. The number of rotatable bonds is 6. The highest BCUT2D eigenvalue weighted by atomic mass is 35.5. The van der Waals surface area contributed by atoms with Crippen LogP contribution in [0.15, 0.2) is 18.2 Å². The van der Waals surface area contributed by atoms with E-state index in [0.29, 0.717) is 15.8 Å². The molecular formula is C26H37ClN2O4S2. The fourth-order valence-corrected chi connectivity index (χ4v) is 7.02. The van der Waals surface area contributed by atoms with Gasteiger partial charge in [-0.3, -0.25) is 0 Å². The Balaban J connectivity index is 0.000000196. The Morgan fingerprint density at radius 1 is 0.857 bits per heavy atom. The summed E-state index contributed by atoms with van der Waals surface area (Å²) in [6.07, 6.45) is 7.03. The molecule has 0 amide bonds. The average Bonchev–Trinajstić information content (AvgIpc) is 3.48. The van der Waals surface area contributed by atoms with Gasteiger partial charge in [-0.05, 0) is 109 Å². The van der Waals surface area contributed by atoms with Crippen molar-refractivity contribution >= 4 is 46.2 Å². The number of piperidine rings is 2. The van der Waals surface area contributed by atoms with Crippen LogP contribution >= 0.6 is 34.3 Å². The first kappa shape index (κ1) is 28.1. The van der Waals surface area contributed by atoms with Gasteiger partial charge in [0, 0.05) is 9.75 Å². The van der Waals surface area contributed by atoms with Gasteiger partial charge in [-0.15, -0.1) is 22.7 Å². The Hall–Kier alpha value is -1.45. The predicted octanol–water partition coefficient (Wildman–Crippen LogP) is 5.49. The summed E-state index contributed by atoms with van der Waals surface area (Å²) in [5.41, 5.74) is 0. The third kappa shape index (κ3) is 8.57. The van der Waals surface area contributed by atoms with E-state index in [2.05, 4.69) is 30.0 Å². The maximum Gasteiger partial charge on any atom is 0.348 e. The molecule has 0 aromatic carbocycles. The van der Waals surface area contributed by atoms with Crippen LogP contribution in [0.25, 0.3) is 0 Å². The minimum absolute atomic E-state index is 0.218. The number of hydrogen-bond donors (Lipinski definition) is 0. The van der Waals surface area contributed by atoms with E-state index < -0.39 is 0 Å². The van der Waals surface area contributed by atoms with E-state index in [1.165, 1.54) is 69.2 Å². The third-order valence-corrected chi connectivity index (χ3v) is 9.51. The highest BCUT2D eigenvalue weighted by molar-refractivity contribution is 7.14. The molecule has 2 saturated heterocycles. The van der Waals surface area contributed by atoms with E-state index in [-0.39, 0.29) is 11.9 Å². The lowest BCUT2D eigenvalue weighted by Crippen LogP contribution is -2.30. The number of ether oxygens (including phenoxy) is 2. The van der Waals surface area contributed by atoms with Crippen molar-refractivity contribution in [2.24, 2.45) is 11.8 Å². The van der Waals surface area contributed by atoms with Crippen molar-refractivity contribution in [1.82, 2.24) is 9.80 Å². The molecule has 2 aliphatic heterocycles. The van der Waals surface area contributed by atoms with Gasteiger partial charge >= 0.3 is 11.9 Å². The van der Waals surface area contributed by atoms with Crippen molar-refractivity contribution in [2.75, 3.05) is 54.5 Å². The van der Waals surface area contributed by atoms with Crippen LogP contribution in [0, 0.1) is 11.8 Å². The molecule has 0 aliphatic carbocycles. The molecule has 2 aromatic heterocycles. The molecule has 0 bridgehead atoms. The van der Waals surface area contributed by atoms with Crippen LogP contribution in [-0.2, 0) is 22.3 Å². The van der Waals surface area contributed by atoms with E-state index in [0.717, 1.165) is 41.6 Å². The first-order valence-corrected chi connectivity index (χ1v) is 14.2. The summed E-state index contributed by atoms with van der Waals surface area (Å²) in [5, 5.41) is 0.708. The second-order valence-corrected chi connectivity index (χ2v) is 12.2. The van der Waals surface area contributed by atoms with Crippen LogP contribution in [0.2, 0.25) is 5.02 Å². The second-order valence-electron chi connectivity index (χ2n) is 9.53. The van der Waals surface area contributed by atoms with Gasteiger partial charge in [0.15, 0.2) is 0 Å². The number of nitrogens with zero attached hydrogens (tertiary/aromatic N) is 2. The molecule has 6 nitrogen and oxygen atoms in total. The van der Waals surface area contributed by atoms with Gasteiger partial charge in [-0.1, -0.05) is 11.6 Å². The lowest BCUT2D eigenvalue weighted by atomic mass is 9.93. The monoisotopic (exact) mass is 540 g/mol. The lowest BCUT2D eigenvalue weighted by Gasteiger charge is -2.28. The summed E-state index contributed by atoms with van der Waals surface area (Å²) >= 11 is 9.22. The average molecular weight is 541 g/mol. The Bertz CT molecular complexity index is 960. The zero-order valence-electron chi connectivity index (χ0n) is 21.2. The summed E-state index contributed by atoms with van der Waals surface area (Å²) in [7, 11) is 7.16. The number of likely N-dealkylation sites (tertiary alicyclic amines) is 2. The fraction of sp³-hybridized carbons (Fsp3) is 0.615. The molecule has 2 aromatic rings. The van der Waals surface area contributed by atoms with Crippen molar-refractivity contribution in [3.8, 4) is 0 Å². The molecule has 194 valence electrons. The largest absolute Gasteiger partial charge is 0.465 e. The van der Waals surface area contributed by atoms with E-state index in [4.69, 9.17) is 21.1 Å². The predicted molar refractivity (Wildman–Crippen MR) is 144 cm³/mol. The SMILES string of the molecule is COC(=O)c1cc(Cl)c(CC2CCN(C)CC2)s1.COC(=O)c1ccc(CC2CCN(C)CC2)s1. The third-order valence-electron chi connectivity index (χ3n) is 6.83. The van der Waals surface area contributed by atoms with Gasteiger partial charge in [-0.25, -0.2) is 9.59 Å². The number of thiophene rings is 2. The fourth-order valence-electron chi connectivity index (χ4n) is 4.52. The first-order valence-electron chi connectivity index (χ1n) is 12.2. The van der Waals surface area contributed by atoms with Crippen LogP contribution in [0.3, 0.4) is 0 Å². The van der Waals surface area contributed by atoms with Crippen molar-refractivity contribution in [3.05, 3.63) is 42.7 Å². The van der Waals surface area contributed by atoms with Crippen LogP contribution in [-0.4, -0.2) is 76.2 Å². The molecule has 35 heavy (non-hydrogen) atoms. The van der Waals surface area contributed by atoms with Crippen LogP contribution < -0.4 is 0 Å².